The minimum atomic E-state index is -0.478. The number of non-ortho nitro benzene ring substituents is 1. The summed E-state index contributed by atoms with van der Waals surface area (Å²) in [4.78, 5) is 22.2. The SMILES string of the molecule is O=C(Cc1ccc([N+](=O)[O-])cc1)Nc1cccc(-n2cnnn2)c1. The molecule has 0 spiro atoms. The molecule has 9 heteroatoms. The number of hydrogen-bond acceptors (Lipinski definition) is 6. The summed E-state index contributed by atoms with van der Waals surface area (Å²) in [6, 6.07) is 13.0. The zero-order valence-electron chi connectivity index (χ0n) is 12.4. The van der Waals surface area contributed by atoms with Crippen LogP contribution in [0, 0.1) is 10.1 Å². The molecule has 24 heavy (non-hydrogen) atoms. The van der Waals surface area contributed by atoms with Crippen LogP contribution in [0.5, 0.6) is 0 Å². The van der Waals surface area contributed by atoms with Crippen molar-refractivity contribution in [2.45, 2.75) is 6.42 Å². The molecule has 9 nitrogen and oxygen atoms in total. The van der Waals surface area contributed by atoms with E-state index in [1.165, 1.54) is 23.1 Å². The predicted octanol–water partition coefficient (Wildman–Crippen LogP) is 1.75. The summed E-state index contributed by atoms with van der Waals surface area (Å²) in [7, 11) is 0. The van der Waals surface area contributed by atoms with E-state index in [0.717, 1.165) is 0 Å². The van der Waals surface area contributed by atoms with Gasteiger partial charge in [-0.05, 0) is 34.2 Å². The highest BCUT2D eigenvalue weighted by Crippen LogP contribution is 2.15. The van der Waals surface area contributed by atoms with Crippen LogP contribution in [0.3, 0.4) is 0 Å². The Morgan fingerprint density at radius 2 is 2.00 bits per heavy atom. The topological polar surface area (TPSA) is 116 Å². The van der Waals surface area contributed by atoms with E-state index >= 15 is 0 Å². The summed E-state index contributed by atoms with van der Waals surface area (Å²) < 4.78 is 1.48. The van der Waals surface area contributed by atoms with Gasteiger partial charge in [0, 0.05) is 17.8 Å². The molecule has 0 atom stereocenters. The summed E-state index contributed by atoms with van der Waals surface area (Å²) in [5, 5.41) is 24.3. The van der Waals surface area contributed by atoms with Crippen molar-refractivity contribution in [1.29, 1.82) is 0 Å². The van der Waals surface area contributed by atoms with E-state index in [0.29, 0.717) is 16.9 Å². The second-order valence-corrected chi connectivity index (χ2v) is 4.95. The van der Waals surface area contributed by atoms with Gasteiger partial charge >= 0.3 is 0 Å². The average Bonchev–Trinajstić information content (AvgIpc) is 3.10. The Bertz CT molecular complexity index is 861. The molecular weight excluding hydrogens is 312 g/mol. The fourth-order valence-electron chi connectivity index (χ4n) is 2.13. The molecule has 0 aliphatic carbocycles. The van der Waals surface area contributed by atoms with Crippen LogP contribution in [0.25, 0.3) is 5.69 Å². The number of rotatable bonds is 5. The van der Waals surface area contributed by atoms with E-state index in [4.69, 9.17) is 0 Å². The number of nitro benzene ring substituents is 1. The van der Waals surface area contributed by atoms with E-state index < -0.39 is 4.92 Å². The standard InChI is InChI=1S/C15H12N6O3/c22-15(8-11-4-6-13(7-5-11)21(23)24)17-12-2-1-3-14(9-12)20-10-16-18-19-20/h1-7,9-10H,8H2,(H,17,22). The van der Waals surface area contributed by atoms with Crippen LogP contribution in [0.1, 0.15) is 5.56 Å². The predicted molar refractivity (Wildman–Crippen MR) is 84.6 cm³/mol. The molecule has 0 aliphatic rings. The molecule has 1 N–H and O–H groups in total. The van der Waals surface area contributed by atoms with E-state index in [1.54, 1.807) is 30.3 Å². The van der Waals surface area contributed by atoms with Gasteiger partial charge in [0.25, 0.3) is 5.69 Å². The highest BCUT2D eigenvalue weighted by atomic mass is 16.6. The van der Waals surface area contributed by atoms with Crippen LogP contribution in [-0.4, -0.2) is 31.0 Å². The molecule has 1 heterocycles. The Labute approximate surface area is 136 Å². The highest BCUT2D eigenvalue weighted by Gasteiger charge is 2.08. The first-order valence-electron chi connectivity index (χ1n) is 6.98. The quantitative estimate of drug-likeness (QED) is 0.564. The molecule has 0 fully saturated rings. The molecule has 3 rings (SSSR count). The number of carbonyl (C=O) groups excluding carboxylic acids is 1. The maximum atomic E-state index is 12.1. The minimum absolute atomic E-state index is 0.00620. The van der Waals surface area contributed by atoms with Gasteiger partial charge in [-0.25, -0.2) is 4.68 Å². The summed E-state index contributed by atoms with van der Waals surface area (Å²) in [6.07, 6.45) is 1.57. The van der Waals surface area contributed by atoms with E-state index in [-0.39, 0.29) is 18.0 Å². The zero-order valence-corrected chi connectivity index (χ0v) is 12.4. The van der Waals surface area contributed by atoms with Gasteiger partial charge in [0.05, 0.1) is 17.0 Å². The number of benzene rings is 2. The fourth-order valence-corrected chi connectivity index (χ4v) is 2.13. The largest absolute Gasteiger partial charge is 0.326 e. The molecule has 0 bridgehead atoms. The third-order valence-electron chi connectivity index (χ3n) is 3.26. The number of nitro groups is 1. The van der Waals surface area contributed by atoms with E-state index in [9.17, 15) is 14.9 Å². The monoisotopic (exact) mass is 324 g/mol. The molecule has 0 aliphatic heterocycles. The van der Waals surface area contributed by atoms with Crippen molar-refractivity contribution < 1.29 is 9.72 Å². The van der Waals surface area contributed by atoms with Crippen LogP contribution in [0.2, 0.25) is 0 Å². The number of anilines is 1. The van der Waals surface area contributed by atoms with Crippen LogP contribution in [-0.2, 0) is 11.2 Å². The van der Waals surface area contributed by atoms with E-state index in [1.807, 2.05) is 6.07 Å². The summed E-state index contributed by atoms with van der Waals surface area (Å²) >= 11 is 0. The van der Waals surface area contributed by atoms with Gasteiger partial charge in [-0.1, -0.05) is 18.2 Å². The molecule has 0 saturated carbocycles. The van der Waals surface area contributed by atoms with Crippen LogP contribution < -0.4 is 5.32 Å². The molecule has 3 aromatic rings. The molecule has 0 saturated heterocycles. The summed E-state index contributed by atoms with van der Waals surface area (Å²) in [5.74, 6) is -0.224. The first kappa shape index (κ1) is 15.3. The average molecular weight is 324 g/mol. The van der Waals surface area contributed by atoms with Crippen LogP contribution in [0.4, 0.5) is 11.4 Å². The normalized spacial score (nSPS) is 10.3. The third kappa shape index (κ3) is 3.58. The maximum absolute atomic E-state index is 12.1. The Kier molecular flexibility index (Phi) is 4.23. The molecule has 1 amide bonds. The molecule has 120 valence electrons. The number of aromatic nitrogens is 4. The first-order valence-corrected chi connectivity index (χ1v) is 6.98. The number of tetrazole rings is 1. The van der Waals surface area contributed by atoms with Crippen molar-refractivity contribution in [3.8, 4) is 5.69 Å². The maximum Gasteiger partial charge on any atom is 0.269 e. The van der Waals surface area contributed by atoms with Gasteiger partial charge in [-0.3, -0.25) is 14.9 Å². The summed E-state index contributed by atoms with van der Waals surface area (Å²) in [5.41, 5.74) is 2.01. The van der Waals surface area contributed by atoms with E-state index in [2.05, 4.69) is 20.8 Å². The van der Waals surface area contributed by atoms with Crippen molar-refractivity contribution >= 4 is 17.3 Å². The van der Waals surface area contributed by atoms with Crippen molar-refractivity contribution in [2.75, 3.05) is 5.32 Å². The molecule has 0 radical (unpaired) electrons. The molecular formula is C15H12N6O3. The van der Waals surface area contributed by atoms with Crippen molar-refractivity contribution in [3.63, 3.8) is 0 Å². The van der Waals surface area contributed by atoms with Gasteiger partial charge in [0.15, 0.2) is 0 Å². The van der Waals surface area contributed by atoms with Crippen LogP contribution in [0.15, 0.2) is 54.9 Å². The van der Waals surface area contributed by atoms with Gasteiger partial charge in [-0.15, -0.1) is 5.10 Å². The number of carbonyl (C=O) groups is 1. The first-order chi connectivity index (χ1) is 11.6. The lowest BCUT2D eigenvalue weighted by molar-refractivity contribution is -0.384. The zero-order chi connectivity index (χ0) is 16.9. The lowest BCUT2D eigenvalue weighted by Crippen LogP contribution is -2.14. The third-order valence-corrected chi connectivity index (χ3v) is 3.26. The number of nitrogens with one attached hydrogen (secondary N) is 1. The smallest absolute Gasteiger partial charge is 0.269 e. The highest BCUT2D eigenvalue weighted by molar-refractivity contribution is 5.92. The van der Waals surface area contributed by atoms with Crippen molar-refractivity contribution in [3.05, 3.63) is 70.5 Å². The van der Waals surface area contributed by atoms with Gasteiger partial charge in [0.2, 0.25) is 5.91 Å². The lowest BCUT2D eigenvalue weighted by Gasteiger charge is -2.07. The number of amides is 1. The fraction of sp³-hybridized carbons (Fsp3) is 0.0667. The summed E-state index contributed by atoms with van der Waals surface area (Å²) in [6.45, 7) is 0. The molecule has 1 aromatic heterocycles. The van der Waals surface area contributed by atoms with Crippen molar-refractivity contribution in [2.24, 2.45) is 0 Å². The Morgan fingerprint density at radius 3 is 2.67 bits per heavy atom. The minimum Gasteiger partial charge on any atom is -0.326 e. The number of nitrogens with zero attached hydrogens (tertiary/aromatic N) is 5. The van der Waals surface area contributed by atoms with Gasteiger partial charge in [0.1, 0.15) is 6.33 Å². The Balaban J connectivity index is 1.66. The Morgan fingerprint density at radius 1 is 1.21 bits per heavy atom. The second-order valence-electron chi connectivity index (χ2n) is 4.95. The Hall–Kier alpha value is -3.62. The van der Waals surface area contributed by atoms with Gasteiger partial charge in [-0.2, -0.15) is 0 Å². The van der Waals surface area contributed by atoms with Gasteiger partial charge < -0.3 is 5.32 Å². The molecule has 2 aromatic carbocycles. The number of hydrogen-bond donors (Lipinski definition) is 1. The second kappa shape index (κ2) is 6.65. The lowest BCUT2D eigenvalue weighted by atomic mass is 10.1. The molecule has 0 unspecified atom stereocenters. The van der Waals surface area contributed by atoms with Crippen molar-refractivity contribution in [1.82, 2.24) is 20.2 Å². The van der Waals surface area contributed by atoms with Crippen LogP contribution >= 0.6 is 0 Å².